The van der Waals surface area contributed by atoms with Gasteiger partial charge in [-0.2, -0.15) is 21.6 Å². The summed E-state index contributed by atoms with van der Waals surface area (Å²) in [7, 11) is -7.57. The third-order valence-corrected chi connectivity index (χ3v) is 3.60. The fourth-order valence-corrected chi connectivity index (χ4v) is 1.66. The van der Waals surface area contributed by atoms with Crippen LogP contribution in [0.25, 0.3) is 0 Å². The zero-order valence-electron chi connectivity index (χ0n) is 10.2. The topological polar surface area (TPSA) is 82.1 Å². The number of alkyl halides is 3. The van der Waals surface area contributed by atoms with E-state index in [0.29, 0.717) is 19.8 Å². The SMILES string of the molecule is CCO[SiH](OCC)OCC.O=S(=O)(O)C(F)(F)F. The lowest BCUT2D eigenvalue weighted by Crippen LogP contribution is -2.27. The van der Waals surface area contributed by atoms with Gasteiger partial charge < -0.3 is 13.3 Å². The van der Waals surface area contributed by atoms with Gasteiger partial charge in [-0.25, -0.2) is 0 Å². The molecule has 18 heavy (non-hydrogen) atoms. The lowest BCUT2D eigenvalue weighted by molar-refractivity contribution is -0.0510. The summed E-state index contributed by atoms with van der Waals surface area (Å²) in [5, 5.41) is 0. The third-order valence-electron chi connectivity index (χ3n) is 1.20. The molecule has 0 rings (SSSR count). The first-order valence-corrected chi connectivity index (χ1v) is 7.84. The average molecular weight is 314 g/mol. The second kappa shape index (κ2) is 9.69. The molecule has 0 bridgehead atoms. The predicted octanol–water partition coefficient (Wildman–Crippen LogP) is 1.21. The van der Waals surface area contributed by atoms with Gasteiger partial charge >= 0.3 is 25.2 Å². The monoisotopic (exact) mass is 314 g/mol. The van der Waals surface area contributed by atoms with Gasteiger partial charge in [-0.3, -0.25) is 4.55 Å². The van der Waals surface area contributed by atoms with Crippen LogP contribution in [0.4, 0.5) is 13.2 Å². The van der Waals surface area contributed by atoms with Crippen LogP contribution in [-0.2, 0) is 23.4 Å². The summed E-state index contributed by atoms with van der Waals surface area (Å²) in [5.74, 6) is 0. The zero-order chi connectivity index (χ0) is 14.8. The van der Waals surface area contributed by atoms with E-state index in [4.69, 9.17) is 26.2 Å². The van der Waals surface area contributed by atoms with Crippen molar-refractivity contribution in [1.29, 1.82) is 0 Å². The van der Waals surface area contributed by atoms with Crippen LogP contribution in [0.15, 0.2) is 0 Å². The van der Waals surface area contributed by atoms with Crippen molar-refractivity contribution >= 4 is 19.6 Å². The summed E-state index contributed by atoms with van der Waals surface area (Å²) in [4.78, 5) is 0. The summed E-state index contributed by atoms with van der Waals surface area (Å²) in [6.07, 6.45) is 0. The van der Waals surface area contributed by atoms with Gasteiger partial charge in [0.05, 0.1) is 0 Å². The number of hydrogen-bond donors (Lipinski definition) is 1. The first kappa shape index (κ1) is 20.1. The molecule has 6 nitrogen and oxygen atoms in total. The van der Waals surface area contributed by atoms with Crippen LogP contribution in [0.3, 0.4) is 0 Å². The Bertz CT molecular complexity index is 280. The van der Waals surface area contributed by atoms with Crippen LogP contribution in [0.5, 0.6) is 0 Å². The van der Waals surface area contributed by atoms with Crippen molar-refractivity contribution < 1.29 is 39.4 Å². The second-order valence-electron chi connectivity index (χ2n) is 2.58. The summed E-state index contributed by atoms with van der Waals surface area (Å²) >= 11 is 0. The Labute approximate surface area is 106 Å². The Morgan fingerprint density at radius 1 is 1.00 bits per heavy atom. The second-order valence-corrected chi connectivity index (χ2v) is 5.57. The van der Waals surface area contributed by atoms with Crippen molar-refractivity contribution in [2.75, 3.05) is 19.8 Å². The van der Waals surface area contributed by atoms with E-state index in [0.717, 1.165) is 0 Å². The summed E-state index contributed by atoms with van der Waals surface area (Å²) < 4.78 is 73.2. The standard InChI is InChI=1S/C6H16O3Si.CHF3O3S/c1-4-7-10(8-5-2)9-6-3;2-1(3,4)8(5,6)7/h10H,4-6H2,1-3H3;(H,5,6,7). The predicted molar refractivity (Wildman–Crippen MR) is 59.6 cm³/mol. The van der Waals surface area contributed by atoms with E-state index in [9.17, 15) is 13.2 Å². The van der Waals surface area contributed by atoms with E-state index < -0.39 is 25.2 Å². The minimum atomic E-state index is -5.84. The van der Waals surface area contributed by atoms with Crippen molar-refractivity contribution in [2.45, 2.75) is 26.3 Å². The smallest absolute Gasteiger partial charge is 0.376 e. The molecule has 0 heterocycles. The van der Waals surface area contributed by atoms with Gasteiger partial charge in [0, 0.05) is 19.8 Å². The van der Waals surface area contributed by atoms with E-state index in [2.05, 4.69) is 0 Å². The Morgan fingerprint density at radius 2 is 1.22 bits per heavy atom. The molecule has 0 saturated heterocycles. The number of halogens is 3. The maximum Gasteiger partial charge on any atom is 0.522 e. The van der Waals surface area contributed by atoms with Gasteiger partial charge in [0.2, 0.25) is 0 Å². The van der Waals surface area contributed by atoms with Crippen LogP contribution < -0.4 is 0 Å². The zero-order valence-corrected chi connectivity index (χ0v) is 12.2. The largest absolute Gasteiger partial charge is 0.522 e. The van der Waals surface area contributed by atoms with E-state index in [1.807, 2.05) is 20.8 Å². The van der Waals surface area contributed by atoms with Gasteiger partial charge in [-0.05, 0) is 20.8 Å². The van der Waals surface area contributed by atoms with Gasteiger partial charge in [-0.1, -0.05) is 0 Å². The molecule has 0 aliphatic rings. The third kappa shape index (κ3) is 10.9. The minimum Gasteiger partial charge on any atom is -0.376 e. The Balaban J connectivity index is 0. The van der Waals surface area contributed by atoms with Crippen LogP contribution in [0.2, 0.25) is 0 Å². The molecule has 0 atom stereocenters. The van der Waals surface area contributed by atoms with Crippen LogP contribution >= 0.6 is 0 Å². The normalized spacial score (nSPS) is 12.2. The van der Waals surface area contributed by atoms with Gasteiger partial charge in [0.15, 0.2) is 0 Å². The van der Waals surface area contributed by atoms with E-state index in [-0.39, 0.29) is 0 Å². The van der Waals surface area contributed by atoms with Gasteiger partial charge in [0.25, 0.3) is 0 Å². The Hall–Kier alpha value is -0.203. The Kier molecular flexibility index (Phi) is 10.8. The molecule has 0 radical (unpaired) electrons. The molecule has 112 valence electrons. The lowest BCUT2D eigenvalue weighted by Gasteiger charge is -2.12. The van der Waals surface area contributed by atoms with Crippen molar-refractivity contribution in [3.8, 4) is 0 Å². The molecule has 0 amide bonds. The van der Waals surface area contributed by atoms with Crippen LogP contribution in [0.1, 0.15) is 20.8 Å². The quantitative estimate of drug-likeness (QED) is 0.451. The van der Waals surface area contributed by atoms with Gasteiger partial charge in [0.1, 0.15) is 0 Å². The molecule has 0 aromatic rings. The lowest BCUT2D eigenvalue weighted by atomic mass is 10.9. The molecule has 1 N–H and O–H groups in total. The molecule has 0 aromatic heterocycles. The van der Waals surface area contributed by atoms with Crippen molar-refractivity contribution in [2.24, 2.45) is 0 Å². The fraction of sp³-hybridized carbons (Fsp3) is 1.00. The molecular formula is C7H17F3O6SSi. The summed E-state index contributed by atoms with van der Waals surface area (Å²) in [5.41, 5.74) is -5.53. The number of rotatable bonds is 6. The highest BCUT2D eigenvalue weighted by Gasteiger charge is 2.44. The molecular weight excluding hydrogens is 297 g/mol. The van der Waals surface area contributed by atoms with Crippen molar-refractivity contribution in [3.63, 3.8) is 0 Å². The molecule has 0 aliphatic carbocycles. The molecule has 0 unspecified atom stereocenters. The van der Waals surface area contributed by atoms with Crippen LogP contribution in [-0.4, -0.2) is 47.8 Å². The summed E-state index contributed by atoms with van der Waals surface area (Å²) in [6.45, 7) is 7.86. The number of hydrogen-bond acceptors (Lipinski definition) is 5. The van der Waals surface area contributed by atoms with Gasteiger partial charge in [-0.15, -0.1) is 0 Å². The average Bonchev–Trinajstić information content (AvgIpc) is 2.16. The molecule has 0 saturated carbocycles. The maximum absolute atomic E-state index is 10.7. The molecule has 0 aromatic carbocycles. The Morgan fingerprint density at radius 3 is 1.33 bits per heavy atom. The van der Waals surface area contributed by atoms with Crippen molar-refractivity contribution in [1.82, 2.24) is 0 Å². The highest BCUT2D eigenvalue weighted by atomic mass is 32.2. The van der Waals surface area contributed by atoms with E-state index >= 15 is 0 Å². The maximum atomic E-state index is 10.7. The molecule has 0 spiro atoms. The molecule has 0 aliphatic heterocycles. The first-order chi connectivity index (χ1) is 8.10. The van der Waals surface area contributed by atoms with E-state index in [1.165, 1.54) is 0 Å². The minimum absolute atomic E-state index is 0.677. The van der Waals surface area contributed by atoms with Crippen LogP contribution in [0, 0.1) is 0 Å². The highest BCUT2D eigenvalue weighted by molar-refractivity contribution is 7.86. The first-order valence-electron chi connectivity index (χ1n) is 4.98. The molecule has 0 fully saturated rings. The van der Waals surface area contributed by atoms with Crippen molar-refractivity contribution in [3.05, 3.63) is 0 Å². The summed E-state index contributed by atoms with van der Waals surface area (Å²) in [6, 6.07) is 0. The van der Waals surface area contributed by atoms with E-state index in [1.54, 1.807) is 0 Å². The molecule has 11 heteroatoms. The fourth-order valence-electron chi connectivity index (χ4n) is 0.553. The highest BCUT2D eigenvalue weighted by Crippen LogP contribution is 2.20.